The van der Waals surface area contributed by atoms with E-state index in [0.29, 0.717) is 5.41 Å². The summed E-state index contributed by atoms with van der Waals surface area (Å²) in [5, 5.41) is 3.75. The molecule has 1 heteroatoms. The second kappa shape index (κ2) is 7.45. The van der Waals surface area contributed by atoms with Crippen molar-refractivity contribution in [3.05, 3.63) is 34.9 Å². The Kier molecular flexibility index (Phi) is 5.87. The molecule has 0 spiro atoms. The minimum absolute atomic E-state index is 0.490. The fourth-order valence-electron chi connectivity index (χ4n) is 3.85. The first-order valence-electron chi connectivity index (χ1n) is 8.78. The van der Waals surface area contributed by atoms with E-state index in [1.54, 1.807) is 5.56 Å². The second-order valence-electron chi connectivity index (χ2n) is 7.63. The number of hydrogen-bond acceptors (Lipinski definition) is 1. The fraction of sp³-hybridized carbons (Fsp3) is 0.700. The zero-order valence-corrected chi connectivity index (χ0v) is 14.5. The molecule has 118 valence electrons. The Balaban J connectivity index is 2.12. The summed E-state index contributed by atoms with van der Waals surface area (Å²) >= 11 is 0. The van der Waals surface area contributed by atoms with Gasteiger partial charge < -0.3 is 5.32 Å². The van der Waals surface area contributed by atoms with Crippen molar-refractivity contribution in [2.45, 2.75) is 66.2 Å². The zero-order valence-electron chi connectivity index (χ0n) is 14.5. The molecule has 1 aromatic rings. The Morgan fingerprint density at radius 1 is 1.05 bits per heavy atom. The quantitative estimate of drug-likeness (QED) is 0.772. The predicted octanol–water partition coefficient (Wildman–Crippen LogP) is 5.04. The number of nitrogens with one attached hydrogen (secondary N) is 1. The van der Waals surface area contributed by atoms with Crippen LogP contribution in [0, 0.1) is 25.2 Å². The fourth-order valence-corrected chi connectivity index (χ4v) is 3.85. The average molecular weight is 287 g/mol. The van der Waals surface area contributed by atoms with Crippen molar-refractivity contribution < 1.29 is 0 Å². The van der Waals surface area contributed by atoms with Gasteiger partial charge in [0.15, 0.2) is 0 Å². The predicted molar refractivity (Wildman–Crippen MR) is 92.8 cm³/mol. The van der Waals surface area contributed by atoms with Gasteiger partial charge in [0.1, 0.15) is 0 Å². The Morgan fingerprint density at radius 2 is 1.67 bits per heavy atom. The van der Waals surface area contributed by atoms with Crippen LogP contribution in [0.25, 0.3) is 0 Å². The van der Waals surface area contributed by atoms with Crippen LogP contribution in [0.15, 0.2) is 18.2 Å². The van der Waals surface area contributed by atoms with Gasteiger partial charge in [-0.05, 0) is 67.7 Å². The molecule has 1 aliphatic carbocycles. The van der Waals surface area contributed by atoms with E-state index in [0.717, 1.165) is 12.5 Å². The van der Waals surface area contributed by atoms with Crippen LogP contribution in [0.2, 0.25) is 0 Å². The first kappa shape index (κ1) is 16.5. The first-order chi connectivity index (χ1) is 10.0. The first-order valence-corrected chi connectivity index (χ1v) is 8.78. The smallest absolute Gasteiger partial charge is 0.00111 e. The second-order valence-corrected chi connectivity index (χ2v) is 7.63. The third kappa shape index (κ3) is 4.57. The maximum atomic E-state index is 3.75. The summed E-state index contributed by atoms with van der Waals surface area (Å²) in [6.07, 6.45) is 8.30. The van der Waals surface area contributed by atoms with Crippen molar-refractivity contribution in [1.29, 1.82) is 0 Å². The van der Waals surface area contributed by atoms with Crippen LogP contribution in [-0.2, 0) is 6.42 Å². The van der Waals surface area contributed by atoms with Gasteiger partial charge in [-0.1, -0.05) is 51.3 Å². The molecule has 0 saturated heterocycles. The highest BCUT2D eigenvalue weighted by atomic mass is 14.9. The summed E-state index contributed by atoms with van der Waals surface area (Å²) in [5.41, 5.74) is 5.04. The standard InChI is InChI=1S/C20H33N/c1-16(2)14-21-15-20(11-6-5-7-12-20)13-19-17(3)9-8-10-18(19)4/h8-10,16,21H,5-7,11-15H2,1-4H3. The molecule has 0 amide bonds. The summed E-state index contributed by atoms with van der Waals surface area (Å²) in [7, 11) is 0. The minimum atomic E-state index is 0.490. The molecule has 1 nitrogen and oxygen atoms in total. The van der Waals surface area contributed by atoms with Crippen LogP contribution in [0.3, 0.4) is 0 Å². The average Bonchev–Trinajstić information content (AvgIpc) is 2.44. The van der Waals surface area contributed by atoms with E-state index < -0.39 is 0 Å². The van der Waals surface area contributed by atoms with Gasteiger partial charge in [-0.25, -0.2) is 0 Å². The van der Waals surface area contributed by atoms with Crippen LogP contribution in [0.5, 0.6) is 0 Å². The normalized spacial score (nSPS) is 18.1. The van der Waals surface area contributed by atoms with Crippen molar-refractivity contribution >= 4 is 0 Å². The lowest BCUT2D eigenvalue weighted by Gasteiger charge is -2.39. The Morgan fingerprint density at radius 3 is 2.24 bits per heavy atom. The molecule has 1 aromatic carbocycles. The summed E-state index contributed by atoms with van der Waals surface area (Å²) in [4.78, 5) is 0. The maximum absolute atomic E-state index is 3.75. The van der Waals surface area contributed by atoms with E-state index in [1.165, 1.54) is 56.2 Å². The summed E-state index contributed by atoms with van der Waals surface area (Å²) in [5.74, 6) is 0.742. The topological polar surface area (TPSA) is 12.0 Å². The van der Waals surface area contributed by atoms with Crippen molar-refractivity contribution in [3.8, 4) is 0 Å². The molecule has 21 heavy (non-hydrogen) atoms. The molecule has 0 bridgehead atoms. The monoisotopic (exact) mass is 287 g/mol. The number of hydrogen-bond donors (Lipinski definition) is 1. The van der Waals surface area contributed by atoms with Crippen LogP contribution >= 0.6 is 0 Å². The van der Waals surface area contributed by atoms with E-state index in [4.69, 9.17) is 0 Å². The molecule has 1 N–H and O–H groups in total. The number of aryl methyl sites for hydroxylation is 2. The van der Waals surface area contributed by atoms with Gasteiger partial charge in [-0.2, -0.15) is 0 Å². The molecule has 0 atom stereocenters. The van der Waals surface area contributed by atoms with E-state index >= 15 is 0 Å². The Labute approximate surface area is 131 Å². The molecule has 0 aromatic heterocycles. The molecule has 2 rings (SSSR count). The zero-order chi connectivity index (χ0) is 15.3. The molecule has 1 aliphatic rings. The lowest BCUT2D eigenvalue weighted by atomic mass is 9.69. The molecule has 0 aliphatic heterocycles. The van der Waals surface area contributed by atoms with Crippen LogP contribution in [0.4, 0.5) is 0 Å². The third-order valence-electron chi connectivity index (χ3n) is 5.16. The van der Waals surface area contributed by atoms with Gasteiger partial charge in [0.25, 0.3) is 0 Å². The van der Waals surface area contributed by atoms with Crippen LogP contribution in [0.1, 0.15) is 62.6 Å². The lowest BCUT2D eigenvalue weighted by molar-refractivity contribution is 0.178. The molecule has 0 heterocycles. The minimum Gasteiger partial charge on any atom is -0.316 e. The van der Waals surface area contributed by atoms with E-state index in [1.807, 2.05) is 0 Å². The van der Waals surface area contributed by atoms with Gasteiger partial charge in [-0.15, -0.1) is 0 Å². The largest absolute Gasteiger partial charge is 0.316 e. The Hall–Kier alpha value is -0.820. The highest BCUT2D eigenvalue weighted by Crippen LogP contribution is 2.40. The molecular formula is C20H33N. The van der Waals surface area contributed by atoms with E-state index in [9.17, 15) is 0 Å². The number of benzene rings is 1. The SMILES string of the molecule is Cc1cccc(C)c1CC1(CNCC(C)C)CCCCC1. The highest BCUT2D eigenvalue weighted by molar-refractivity contribution is 5.34. The van der Waals surface area contributed by atoms with Crippen molar-refractivity contribution in [1.82, 2.24) is 5.32 Å². The molecule has 1 saturated carbocycles. The van der Waals surface area contributed by atoms with Crippen LogP contribution < -0.4 is 5.32 Å². The van der Waals surface area contributed by atoms with Gasteiger partial charge >= 0.3 is 0 Å². The van der Waals surface area contributed by atoms with Gasteiger partial charge in [0, 0.05) is 6.54 Å². The summed E-state index contributed by atoms with van der Waals surface area (Å²) in [6.45, 7) is 11.5. The molecular weight excluding hydrogens is 254 g/mol. The van der Waals surface area contributed by atoms with Gasteiger partial charge in [-0.3, -0.25) is 0 Å². The molecule has 0 unspecified atom stereocenters. The molecule has 0 radical (unpaired) electrons. The summed E-state index contributed by atoms with van der Waals surface area (Å²) < 4.78 is 0. The summed E-state index contributed by atoms with van der Waals surface area (Å²) in [6, 6.07) is 6.75. The van der Waals surface area contributed by atoms with Crippen LogP contribution in [-0.4, -0.2) is 13.1 Å². The number of rotatable bonds is 6. The van der Waals surface area contributed by atoms with E-state index in [2.05, 4.69) is 51.2 Å². The Bertz CT molecular complexity index is 421. The highest BCUT2D eigenvalue weighted by Gasteiger charge is 2.32. The third-order valence-corrected chi connectivity index (χ3v) is 5.16. The van der Waals surface area contributed by atoms with Crippen molar-refractivity contribution in [2.24, 2.45) is 11.3 Å². The van der Waals surface area contributed by atoms with E-state index in [-0.39, 0.29) is 0 Å². The van der Waals surface area contributed by atoms with Crippen molar-refractivity contribution in [2.75, 3.05) is 13.1 Å². The molecule has 1 fully saturated rings. The van der Waals surface area contributed by atoms with Gasteiger partial charge in [0.05, 0.1) is 0 Å². The maximum Gasteiger partial charge on any atom is 0.00111 e. The lowest BCUT2D eigenvalue weighted by Crippen LogP contribution is -2.39. The van der Waals surface area contributed by atoms with Gasteiger partial charge in [0.2, 0.25) is 0 Å². The van der Waals surface area contributed by atoms with Crippen molar-refractivity contribution in [3.63, 3.8) is 0 Å².